The number of unbranched alkanes of at least 4 members (excludes halogenated alkanes) is 2. The van der Waals surface area contributed by atoms with Gasteiger partial charge in [-0.25, -0.2) is 0 Å². The number of carbonyl (C=O) groups is 1. The molecule has 1 heterocycles. The lowest BCUT2D eigenvalue weighted by atomic mass is 9.51. The van der Waals surface area contributed by atoms with Gasteiger partial charge < -0.3 is 4.74 Å². The zero-order valence-electron chi connectivity index (χ0n) is 16.4. The first-order valence-corrected chi connectivity index (χ1v) is 9.98. The third-order valence-corrected chi connectivity index (χ3v) is 6.54. The van der Waals surface area contributed by atoms with Gasteiger partial charge in [0.25, 0.3) is 0 Å². The summed E-state index contributed by atoms with van der Waals surface area (Å²) in [7, 11) is 0. The van der Waals surface area contributed by atoms with Crippen LogP contribution in [0.15, 0.2) is 12.2 Å². The Morgan fingerprint density at radius 2 is 1.96 bits per heavy atom. The summed E-state index contributed by atoms with van der Waals surface area (Å²) in [6.07, 6.45) is 10.8. The highest BCUT2D eigenvalue weighted by Gasteiger charge is 2.63. The second-order valence-corrected chi connectivity index (χ2v) is 7.88. The van der Waals surface area contributed by atoms with Crippen LogP contribution in [0.4, 0.5) is 0 Å². The Bertz CT molecular complexity index is 533. The molecule has 4 nitrogen and oxygen atoms in total. The normalized spacial score (nSPS) is 35.5. The van der Waals surface area contributed by atoms with Crippen molar-refractivity contribution in [2.24, 2.45) is 16.7 Å². The van der Waals surface area contributed by atoms with E-state index in [-0.39, 0.29) is 17.9 Å². The van der Waals surface area contributed by atoms with E-state index in [9.17, 15) is 10.1 Å². The number of rotatable bonds is 7. The fourth-order valence-corrected chi connectivity index (χ4v) is 4.75. The van der Waals surface area contributed by atoms with Gasteiger partial charge >= 0.3 is 5.97 Å². The van der Waals surface area contributed by atoms with Crippen LogP contribution in [0.2, 0.25) is 0 Å². The molecule has 1 saturated heterocycles. The van der Waals surface area contributed by atoms with Crippen LogP contribution in [-0.2, 0) is 9.53 Å². The Hall–Kier alpha value is -1.34. The quantitative estimate of drug-likeness (QED) is 0.391. The minimum atomic E-state index is -1.13. The summed E-state index contributed by atoms with van der Waals surface area (Å²) in [5.74, 6) is -0.156. The maximum absolute atomic E-state index is 13.2. The van der Waals surface area contributed by atoms with E-state index in [0.29, 0.717) is 6.61 Å². The summed E-state index contributed by atoms with van der Waals surface area (Å²) in [6.45, 7) is 10.5. The lowest BCUT2D eigenvalue weighted by Gasteiger charge is -2.53. The van der Waals surface area contributed by atoms with Crippen LogP contribution < -0.4 is 0 Å². The summed E-state index contributed by atoms with van der Waals surface area (Å²) in [5, 5.41) is 10.4. The molecule has 1 aliphatic carbocycles. The third-order valence-electron chi connectivity index (χ3n) is 6.54. The zero-order chi connectivity index (χ0) is 18.5. The molecule has 0 N–H and O–H groups in total. The molecule has 2 aliphatic rings. The topological polar surface area (TPSA) is 53.3 Å². The second-order valence-electron chi connectivity index (χ2n) is 7.88. The monoisotopic (exact) mass is 346 g/mol. The van der Waals surface area contributed by atoms with Crippen molar-refractivity contribution in [3.05, 3.63) is 12.2 Å². The number of nitriles is 1. The molecule has 0 aromatic heterocycles. The summed E-state index contributed by atoms with van der Waals surface area (Å²) in [4.78, 5) is 15.5. The summed E-state index contributed by atoms with van der Waals surface area (Å²) >= 11 is 0. The number of nitrogens with zero attached hydrogens (tertiary/aromatic N) is 2. The van der Waals surface area contributed by atoms with E-state index >= 15 is 0 Å². The largest absolute Gasteiger partial charge is 0.465 e. The first-order valence-electron chi connectivity index (χ1n) is 9.98. The minimum Gasteiger partial charge on any atom is -0.465 e. The van der Waals surface area contributed by atoms with E-state index < -0.39 is 10.8 Å². The summed E-state index contributed by atoms with van der Waals surface area (Å²) in [6, 6.07) is 2.33. The average Bonchev–Trinajstić information content (AvgIpc) is 3.12. The molecular weight excluding hydrogens is 312 g/mol. The van der Waals surface area contributed by atoms with E-state index in [1.54, 1.807) is 0 Å². The molecule has 4 atom stereocenters. The van der Waals surface area contributed by atoms with E-state index in [1.165, 1.54) is 0 Å². The molecule has 0 amide bonds. The van der Waals surface area contributed by atoms with Gasteiger partial charge in [0.2, 0.25) is 0 Å². The summed E-state index contributed by atoms with van der Waals surface area (Å²) < 4.78 is 5.49. The lowest BCUT2D eigenvalue weighted by Crippen LogP contribution is -2.62. The van der Waals surface area contributed by atoms with Crippen LogP contribution in [0, 0.1) is 28.1 Å². The standard InChI is InChI=1S/C21H34N2O2/c1-5-7-8-13-20(4)17(3)11-12-18(23-14-9-10-15-23)21(20,16-22)19(24)25-6-2/h11-12,17-18H,5-10,13-15H2,1-4H3/t17?,18?,20-,21-/m0/s1. The first kappa shape index (κ1) is 20.0. The Morgan fingerprint density at radius 3 is 2.52 bits per heavy atom. The maximum Gasteiger partial charge on any atom is 0.329 e. The van der Waals surface area contributed by atoms with Crippen molar-refractivity contribution in [3.63, 3.8) is 0 Å². The van der Waals surface area contributed by atoms with Crippen molar-refractivity contribution in [1.29, 1.82) is 5.26 Å². The highest BCUT2D eigenvalue weighted by molar-refractivity contribution is 5.83. The summed E-state index contributed by atoms with van der Waals surface area (Å²) in [5.41, 5.74) is -1.54. The molecule has 0 spiro atoms. The van der Waals surface area contributed by atoms with E-state index in [2.05, 4.69) is 43.9 Å². The lowest BCUT2D eigenvalue weighted by molar-refractivity contribution is -0.167. The fraction of sp³-hybridized carbons (Fsp3) is 0.810. The van der Waals surface area contributed by atoms with Gasteiger partial charge in [-0.15, -0.1) is 0 Å². The molecule has 0 aromatic rings. The van der Waals surface area contributed by atoms with Crippen molar-refractivity contribution in [2.75, 3.05) is 19.7 Å². The average molecular weight is 347 g/mol. The molecule has 2 rings (SSSR count). The van der Waals surface area contributed by atoms with Crippen LogP contribution in [0.25, 0.3) is 0 Å². The van der Waals surface area contributed by atoms with Crippen LogP contribution in [-0.4, -0.2) is 36.6 Å². The molecule has 0 radical (unpaired) electrons. The van der Waals surface area contributed by atoms with Gasteiger partial charge in [0.15, 0.2) is 5.41 Å². The van der Waals surface area contributed by atoms with E-state index in [1.807, 2.05) is 6.92 Å². The van der Waals surface area contributed by atoms with Crippen molar-refractivity contribution in [3.8, 4) is 6.07 Å². The smallest absolute Gasteiger partial charge is 0.329 e. The highest BCUT2D eigenvalue weighted by Crippen LogP contribution is 2.56. The SMILES string of the molecule is CCCCC[C@@]1(C)C(C)C=CC(N2CCCC2)[C@@]1(C#N)C(=O)OCC. The molecule has 140 valence electrons. The van der Waals surface area contributed by atoms with E-state index in [4.69, 9.17) is 4.74 Å². The predicted octanol–water partition coefficient (Wildman–Crippen LogP) is 4.32. The molecule has 0 saturated carbocycles. The maximum atomic E-state index is 13.2. The number of carbonyl (C=O) groups excluding carboxylic acids is 1. The number of hydrogen-bond acceptors (Lipinski definition) is 4. The van der Waals surface area contributed by atoms with Gasteiger partial charge in [0, 0.05) is 5.41 Å². The predicted molar refractivity (Wildman–Crippen MR) is 99.8 cm³/mol. The Balaban J connectivity index is 2.51. The second kappa shape index (κ2) is 8.36. The fourth-order valence-electron chi connectivity index (χ4n) is 4.75. The van der Waals surface area contributed by atoms with Crippen molar-refractivity contribution in [1.82, 2.24) is 4.90 Å². The molecule has 1 aliphatic heterocycles. The Kier molecular flexibility index (Phi) is 6.68. The number of likely N-dealkylation sites (tertiary alicyclic amines) is 1. The van der Waals surface area contributed by atoms with Gasteiger partial charge in [-0.05, 0) is 45.2 Å². The van der Waals surface area contributed by atoms with Gasteiger partial charge in [-0.1, -0.05) is 52.2 Å². The van der Waals surface area contributed by atoms with Crippen LogP contribution in [0.1, 0.15) is 66.2 Å². The van der Waals surface area contributed by atoms with Crippen LogP contribution in [0.5, 0.6) is 0 Å². The van der Waals surface area contributed by atoms with E-state index in [0.717, 1.165) is 51.6 Å². The molecule has 4 heteroatoms. The first-order chi connectivity index (χ1) is 12.0. The molecule has 0 aromatic carbocycles. The zero-order valence-corrected chi connectivity index (χ0v) is 16.4. The van der Waals surface area contributed by atoms with Gasteiger partial charge in [0.1, 0.15) is 0 Å². The molecule has 0 bridgehead atoms. The van der Waals surface area contributed by atoms with Crippen molar-refractivity contribution < 1.29 is 9.53 Å². The Labute approximate surface area is 153 Å². The number of ether oxygens (including phenoxy) is 1. The third kappa shape index (κ3) is 3.36. The van der Waals surface area contributed by atoms with Crippen molar-refractivity contribution in [2.45, 2.75) is 72.3 Å². The van der Waals surface area contributed by atoms with Gasteiger partial charge in [-0.2, -0.15) is 5.26 Å². The molecule has 25 heavy (non-hydrogen) atoms. The molecular formula is C21H34N2O2. The molecule has 1 fully saturated rings. The number of esters is 1. The number of hydrogen-bond donors (Lipinski definition) is 0. The van der Waals surface area contributed by atoms with Crippen molar-refractivity contribution >= 4 is 5.97 Å². The molecule has 2 unspecified atom stereocenters. The van der Waals surface area contributed by atoms with Gasteiger partial charge in [0.05, 0.1) is 18.7 Å². The minimum absolute atomic E-state index is 0.173. The Morgan fingerprint density at radius 1 is 1.28 bits per heavy atom. The van der Waals surface area contributed by atoms with Crippen LogP contribution in [0.3, 0.4) is 0 Å². The van der Waals surface area contributed by atoms with Crippen LogP contribution >= 0.6 is 0 Å². The highest BCUT2D eigenvalue weighted by atomic mass is 16.5. The van der Waals surface area contributed by atoms with Gasteiger partial charge in [-0.3, -0.25) is 9.69 Å². The number of allylic oxidation sites excluding steroid dienone is 1.